The largest absolute Gasteiger partial charge is 0.543 e. The number of pyridine rings is 1. The van der Waals surface area contributed by atoms with Crippen molar-refractivity contribution in [1.82, 2.24) is 11.1 Å². The molecule has 4 N–H and O–H groups in total. The standard InChI is InChI=1S/C10H7NO2.H3N/c12-10(13)9-6-5-7-3-1-2-4-8(7)11-9;/h1-6H,(H,12,13);1H3. The zero-order valence-corrected chi connectivity index (χ0v) is 7.73. The third-order valence-corrected chi connectivity index (χ3v) is 1.81. The average molecular weight is 190 g/mol. The first-order chi connectivity index (χ1) is 6.27. The lowest BCUT2D eigenvalue weighted by Crippen LogP contribution is -2.23. The quantitative estimate of drug-likeness (QED) is 0.726. The summed E-state index contributed by atoms with van der Waals surface area (Å²) in [5, 5.41) is 11.4. The van der Waals surface area contributed by atoms with E-state index in [1.54, 1.807) is 12.1 Å². The van der Waals surface area contributed by atoms with Gasteiger partial charge in [0.25, 0.3) is 0 Å². The number of rotatable bonds is 1. The summed E-state index contributed by atoms with van der Waals surface area (Å²) in [5.74, 6) is -1.24. The Morgan fingerprint density at radius 1 is 1.14 bits per heavy atom. The van der Waals surface area contributed by atoms with Gasteiger partial charge in [0.2, 0.25) is 0 Å². The van der Waals surface area contributed by atoms with Gasteiger partial charge in [-0.1, -0.05) is 24.3 Å². The lowest BCUT2D eigenvalue weighted by molar-refractivity contribution is -0.255. The molecule has 0 atom stereocenters. The Bertz CT molecular complexity index is 468. The van der Waals surface area contributed by atoms with Crippen LogP contribution in [0.4, 0.5) is 0 Å². The van der Waals surface area contributed by atoms with Crippen LogP contribution in [0.25, 0.3) is 10.9 Å². The number of carbonyl (C=O) groups excluding carboxylic acids is 1. The van der Waals surface area contributed by atoms with Gasteiger partial charge in [-0.3, -0.25) is 0 Å². The predicted octanol–water partition coefficient (Wildman–Crippen LogP) is 0.974. The molecule has 0 amide bonds. The summed E-state index contributed by atoms with van der Waals surface area (Å²) in [5.41, 5.74) is 0.642. The molecule has 0 unspecified atom stereocenters. The third kappa shape index (κ3) is 1.70. The molecule has 72 valence electrons. The summed E-state index contributed by atoms with van der Waals surface area (Å²) in [6.45, 7) is 0. The number of hydrogen-bond donors (Lipinski definition) is 1. The van der Waals surface area contributed by atoms with Crippen LogP contribution in [-0.2, 0) is 0 Å². The van der Waals surface area contributed by atoms with Crippen molar-refractivity contribution in [3.05, 3.63) is 42.1 Å². The second-order valence-electron chi connectivity index (χ2n) is 2.68. The minimum absolute atomic E-state index is 0. The molecule has 2 rings (SSSR count). The number of aromatic carboxylic acids is 1. The molecule has 1 heterocycles. The van der Waals surface area contributed by atoms with Crippen LogP contribution >= 0.6 is 0 Å². The van der Waals surface area contributed by atoms with Crippen LogP contribution in [0.1, 0.15) is 10.5 Å². The SMILES string of the molecule is O=C([O-])c1ccc2ccccc2n1.[NH4+]. The summed E-state index contributed by atoms with van der Waals surface area (Å²) in [6.07, 6.45) is 0. The Morgan fingerprint density at radius 3 is 2.57 bits per heavy atom. The maximum Gasteiger partial charge on any atom is 0.0900 e. The van der Waals surface area contributed by atoms with Gasteiger partial charge in [-0.05, 0) is 12.1 Å². The number of benzene rings is 1. The Balaban J connectivity index is 0.000000980. The molecule has 0 bridgehead atoms. The number of quaternary nitrogens is 1. The van der Waals surface area contributed by atoms with Gasteiger partial charge in [-0.2, -0.15) is 0 Å². The topological polar surface area (TPSA) is 89.5 Å². The molecule has 0 fully saturated rings. The van der Waals surface area contributed by atoms with Crippen LogP contribution in [0.5, 0.6) is 0 Å². The number of carboxylic acid groups (broad SMARTS) is 1. The molecule has 0 saturated heterocycles. The fourth-order valence-corrected chi connectivity index (χ4v) is 1.18. The van der Waals surface area contributed by atoms with E-state index in [1.165, 1.54) is 6.07 Å². The van der Waals surface area contributed by atoms with Crippen molar-refractivity contribution in [3.8, 4) is 0 Å². The molecule has 0 saturated carbocycles. The van der Waals surface area contributed by atoms with Gasteiger partial charge in [0.15, 0.2) is 0 Å². The van der Waals surface area contributed by atoms with E-state index in [0.717, 1.165) is 5.39 Å². The Kier molecular flexibility index (Phi) is 2.79. The minimum Gasteiger partial charge on any atom is -0.543 e. The molecule has 4 nitrogen and oxygen atoms in total. The highest BCUT2D eigenvalue weighted by molar-refractivity contribution is 5.88. The number of nitrogens with zero attached hydrogens (tertiary/aromatic N) is 1. The highest BCUT2D eigenvalue weighted by atomic mass is 16.4. The summed E-state index contributed by atoms with van der Waals surface area (Å²) in [7, 11) is 0. The van der Waals surface area contributed by atoms with Crippen molar-refractivity contribution in [3.63, 3.8) is 0 Å². The Morgan fingerprint density at radius 2 is 1.86 bits per heavy atom. The van der Waals surface area contributed by atoms with Crippen LogP contribution in [-0.4, -0.2) is 11.0 Å². The maximum absolute atomic E-state index is 10.5. The molecule has 2 aromatic rings. The van der Waals surface area contributed by atoms with Gasteiger partial charge >= 0.3 is 0 Å². The zero-order valence-electron chi connectivity index (χ0n) is 7.73. The number of carboxylic acids is 1. The summed E-state index contributed by atoms with van der Waals surface area (Å²) in [4.78, 5) is 14.4. The van der Waals surface area contributed by atoms with Crippen LogP contribution in [0, 0.1) is 0 Å². The summed E-state index contributed by atoms with van der Waals surface area (Å²) < 4.78 is 0. The molecular formula is C10H10N2O2. The molecule has 1 aromatic carbocycles. The van der Waals surface area contributed by atoms with Gasteiger partial charge in [-0.25, -0.2) is 4.98 Å². The smallest absolute Gasteiger partial charge is 0.0900 e. The van der Waals surface area contributed by atoms with Gasteiger partial charge in [-0.15, -0.1) is 0 Å². The number of aromatic nitrogens is 1. The average Bonchev–Trinajstić information content (AvgIpc) is 2.17. The first-order valence-corrected chi connectivity index (χ1v) is 3.84. The van der Waals surface area contributed by atoms with E-state index >= 15 is 0 Å². The minimum atomic E-state index is -1.24. The van der Waals surface area contributed by atoms with E-state index in [2.05, 4.69) is 4.98 Å². The molecule has 0 radical (unpaired) electrons. The van der Waals surface area contributed by atoms with E-state index in [-0.39, 0.29) is 11.8 Å². The van der Waals surface area contributed by atoms with Crippen molar-refractivity contribution in [2.24, 2.45) is 0 Å². The van der Waals surface area contributed by atoms with Crippen molar-refractivity contribution >= 4 is 16.9 Å². The van der Waals surface area contributed by atoms with Gasteiger partial charge in [0.1, 0.15) is 0 Å². The van der Waals surface area contributed by atoms with Gasteiger partial charge < -0.3 is 16.1 Å². The Labute approximate surface area is 80.8 Å². The third-order valence-electron chi connectivity index (χ3n) is 1.81. The summed E-state index contributed by atoms with van der Waals surface area (Å²) in [6, 6.07) is 10.5. The lowest BCUT2D eigenvalue weighted by Gasteiger charge is -2.02. The molecule has 14 heavy (non-hydrogen) atoms. The van der Waals surface area contributed by atoms with E-state index in [0.29, 0.717) is 5.52 Å². The number of hydrogen-bond acceptors (Lipinski definition) is 3. The van der Waals surface area contributed by atoms with Crippen molar-refractivity contribution < 1.29 is 9.90 Å². The van der Waals surface area contributed by atoms with Gasteiger partial charge in [0.05, 0.1) is 17.2 Å². The zero-order chi connectivity index (χ0) is 9.26. The highest BCUT2D eigenvalue weighted by Gasteiger charge is 1.96. The highest BCUT2D eigenvalue weighted by Crippen LogP contribution is 2.10. The van der Waals surface area contributed by atoms with Crippen LogP contribution in [0.3, 0.4) is 0 Å². The van der Waals surface area contributed by atoms with Crippen LogP contribution in [0.15, 0.2) is 36.4 Å². The predicted molar refractivity (Wildman–Crippen MR) is 52.1 cm³/mol. The second kappa shape index (κ2) is 3.85. The number of carbonyl (C=O) groups is 1. The van der Waals surface area contributed by atoms with E-state index in [9.17, 15) is 9.90 Å². The monoisotopic (exact) mass is 190 g/mol. The molecule has 0 aliphatic rings. The fraction of sp³-hybridized carbons (Fsp3) is 0. The summed E-state index contributed by atoms with van der Waals surface area (Å²) >= 11 is 0. The van der Waals surface area contributed by atoms with E-state index < -0.39 is 5.97 Å². The molecular weight excluding hydrogens is 180 g/mol. The van der Waals surface area contributed by atoms with Crippen molar-refractivity contribution in [2.75, 3.05) is 0 Å². The van der Waals surface area contributed by atoms with Crippen molar-refractivity contribution in [1.29, 1.82) is 0 Å². The number of fused-ring (bicyclic) bond motifs is 1. The fourth-order valence-electron chi connectivity index (χ4n) is 1.18. The van der Waals surface area contributed by atoms with Crippen LogP contribution in [0.2, 0.25) is 0 Å². The molecule has 0 aliphatic heterocycles. The lowest BCUT2D eigenvalue weighted by atomic mass is 10.2. The first-order valence-electron chi connectivity index (χ1n) is 3.84. The van der Waals surface area contributed by atoms with Crippen molar-refractivity contribution in [2.45, 2.75) is 0 Å². The molecule has 1 aromatic heterocycles. The van der Waals surface area contributed by atoms with E-state index in [1.807, 2.05) is 18.2 Å². The van der Waals surface area contributed by atoms with Crippen LogP contribution < -0.4 is 11.3 Å². The first kappa shape index (κ1) is 10.1. The van der Waals surface area contributed by atoms with Gasteiger partial charge in [0, 0.05) is 5.39 Å². The maximum atomic E-state index is 10.5. The molecule has 0 spiro atoms. The number of para-hydroxylation sites is 1. The molecule has 0 aliphatic carbocycles. The second-order valence-corrected chi connectivity index (χ2v) is 2.68. The normalized spacial score (nSPS) is 9.43. The molecule has 4 heteroatoms. The Hall–Kier alpha value is -1.94. The van der Waals surface area contributed by atoms with E-state index in [4.69, 9.17) is 0 Å².